The van der Waals surface area contributed by atoms with Crippen LogP contribution in [-0.2, 0) is 0 Å². The van der Waals surface area contributed by atoms with Crippen LogP contribution in [0.2, 0.25) is 0 Å². The molecule has 3 heteroatoms. The minimum atomic E-state index is 0.0674. The Morgan fingerprint density at radius 2 is 1.05 bits per heavy atom. The first kappa shape index (κ1) is 23.2. The minimum Gasteiger partial charge on any atom is -0.455 e. The summed E-state index contributed by atoms with van der Waals surface area (Å²) in [5, 5.41) is 14.4. The normalized spacial score (nSPS) is 14.3. The first-order valence-electron chi connectivity index (χ1n) is 14.4. The van der Waals surface area contributed by atoms with Gasteiger partial charge in [0.2, 0.25) is 0 Å². The molecule has 0 spiro atoms. The highest BCUT2D eigenvalue weighted by molar-refractivity contribution is 6.21. The highest BCUT2D eigenvalue weighted by Crippen LogP contribution is 2.44. The zero-order valence-electron chi connectivity index (χ0n) is 22.8. The van der Waals surface area contributed by atoms with Crippen LogP contribution < -0.4 is 10.6 Å². The summed E-state index contributed by atoms with van der Waals surface area (Å²) >= 11 is 0. The van der Waals surface area contributed by atoms with Gasteiger partial charge in [0.05, 0.1) is 11.4 Å². The maximum atomic E-state index is 6.38. The number of hydrogen-bond acceptors (Lipinski definition) is 3. The highest BCUT2D eigenvalue weighted by atomic mass is 16.3. The zero-order chi connectivity index (χ0) is 27.6. The van der Waals surface area contributed by atoms with E-state index in [2.05, 4.69) is 144 Å². The van der Waals surface area contributed by atoms with Gasteiger partial charge in [0.15, 0.2) is 0 Å². The van der Waals surface area contributed by atoms with Gasteiger partial charge in [-0.05, 0) is 68.2 Å². The molecule has 1 aliphatic rings. The van der Waals surface area contributed by atoms with Crippen molar-refractivity contribution in [3.8, 4) is 22.3 Å². The third kappa shape index (κ3) is 3.47. The fourth-order valence-corrected chi connectivity index (χ4v) is 6.67. The lowest BCUT2D eigenvalue weighted by Gasteiger charge is -2.15. The molecule has 2 N–H and O–H groups in total. The molecule has 3 nitrogen and oxygen atoms in total. The summed E-state index contributed by atoms with van der Waals surface area (Å²) in [5.74, 6) is 0. The van der Waals surface area contributed by atoms with E-state index in [9.17, 15) is 0 Å². The second-order valence-electron chi connectivity index (χ2n) is 11.0. The van der Waals surface area contributed by atoms with Crippen molar-refractivity contribution < 1.29 is 4.42 Å². The molecule has 42 heavy (non-hydrogen) atoms. The molecule has 0 saturated carbocycles. The Morgan fingerprint density at radius 1 is 0.429 bits per heavy atom. The van der Waals surface area contributed by atoms with Gasteiger partial charge < -0.3 is 15.1 Å². The average Bonchev–Trinajstić information content (AvgIpc) is 3.66. The number of benzene rings is 7. The smallest absolute Gasteiger partial charge is 0.143 e. The van der Waals surface area contributed by atoms with Crippen molar-refractivity contribution in [2.75, 3.05) is 10.6 Å². The molecule has 0 fully saturated rings. The summed E-state index contributed by atoms with van der Waals surface area (Å²) in [7, 11) is 0. The molecular formula is C39H26N2O. The molecule has 1 atom stereocenters. The van der Waals surface area contributed by atoms with Crippen molar-refractivity contribution >= 4 is 54.9 Å². The third-order valence-electron chi connectivity index (χ3n) is 8.66. The Bertz CT molecular complexity index is 2320. The molecule has 8 aromatic rings. The van der Waals surface area contributed by atoms with Crippen molar-refractivity contribution in [2.45, 2.75) is 6.17 Å². The van der Waals surface area contributed by atoms with E-state index in [0.717, 1.165) is 38.7 Å². The lowest BCUT2D eigenvalue weighted by molar-refractivity contribution is 0.672. The van der Waals surface area contributed by atoms with E-state index in [4.69, 9.17) is 4.42 Å². The molecule has 198 valence electrons. The molecule has 0 radical (unpaired) electrons. The van der Waals surface area contributed by atoms with Gasteiger partial charge in [-0.3, -0.25) is 0 Å². The first-order valence-corrected chi connectivity index (χ1v) is 14.4. The molecule has 0 aliphatic carbocycles. The van der Waals surface area contributed by atoms with E-state index in [-0.39, 0.29) is 6.17 Å². The van der Waals surface area contributed by atoms with Gasteiger partial charge in [-0.2, -0.15) is 0 Å². The Labute approximate surface area is 243 Å². The topological polar surface area (TPSA) is 37.2 Å². The van der Waals surface area contributed by atoms with Gasteiger partial charge in [0, 0.05) is 16.2 Å². The van der Waals surface area contributed by atoms with Crippen LogP contribution in [0.15, 0.2) is 144 Å². The van der Waals surface area contributed by atoms with Crippen LogP contribution in [0.25, 0.3) is 65.7 Å². The molecule has 0 saturated heterocycles. The average molecular weight is 539 g/mol. The summed E-state index contributed by atoms with van der Waals surface area (Å²) in [4.78, 5) is 0. The van der Waals surface area contributed by atoms with E-state index < -0.39 is 0 Å². The van der Waals surface area contributed by atoms with Crippen LogP contribution in [0.3, 0.4) is 0 Å². The summed E-state index contributed by atoms with van der Waals surface area (Å²) in [6.45, 7) is 0. The van der Waals surface area contributed by atoms with Crippen molar-refractivity contribution in [3.05, 3.63) is 145 Å². The van der Waals surface area contributed by atoms with Crippen LogP contribution in [0.5, 0.6) is 0 Å². The first-order chi connectivity index (χ1) is 20.8. The maximum Gasteiger partial charge on any atom is 0.143 e. The van der Waals surface area contributed by atoms with E-state index in [0.29, 0.717) is 0 Å². The quantitative estimate of drug-likeness (QED) is 0.235. The van der Waals surface area contributed by atoms with Crippen molar-refractivity contribution in [3.63, 3.8) is 0 Å². The SMILES string of the molecule is c1ccc(C2Nc3ccc(-c4ccc(-c5cc6c7ccccc7oc6c6ccccc56)c5ccccc45)cc3N2)cc1. The van der Waals surface area contributed by atoms with Crippen LogP contribution in [-0.4, -0.2) is 0 Å². The fraction of sp³-hybridized carbons (Fsp3) is 0.0256. The molecule has 9 rings (SSSR count). The second kappa shape index (κ2) is 8.98. The molecular weight excluding hydrogens is 512 g/mol. The van der Waals surface area contributed by atoms with E-state index >= 15 is 0 Å². The van der Waals surface area contributed by atoms with Gasteiger partial charge in [-0.1, -0.05) is 115 Å². The number of hydrogen-bond donors (Lipinski definition) is 2. The van der Waals surface area contributed by atoms with Gasteiger partial charge in [-0.15, -0.1) is 0 Å². The lowest BCUT2D eigenvalue weighted by Crippen LogP contribution is -2.11. The molecule has 2 heterocycles. The Balaban J connectivity index is 1.22. The van der Waals surface area contributed by atoms with E-state index in [1.165, 1.54) is 44.0 Å². The van der Waals surface area contributed by atoms with Crippen LogP contribution in [0, 0.1) is 0 Å². The number of para-hydroxylation sites is 1. The summed E-state index contributed by atoms with van der Waals surface area (Å²) in [5.41, 5.74) is 10.2. The second-order valence-corrected chi connectivity index (χ2v) is 11.0. The van der Waals surface area contributed by atoms with E-state index in [1.54, 1.807) is 0 Å². The molecule has 1 aromatic heterocycles. The van der Waals surface area contributed by atoms with Crippen LogP contribution in [0.1, 0.15) is 11.7 Å². The number of fused-ring (bicyclic) bond motifs is 7. The number of rotatable bonds is 3. The fourth-order valence-electron chi connectivity index (χ4n) is 6.67. The van der Waals surface area contributed by atoms with Crippen LogP contribution >= 0.6 is 0 Å². The Hall–Kier alpha value is -5.54. The number of furan rings is 1. The monoisotopic (exact) mass is 538 g/mol. The van der Waals surface area contributed by atoms with Gasteiger partial charge >= 0.3 is 0 Å². The van der Waals surface area contributed by atoms with Crippen molar-refractivity contribution in [2.24, 2.45) is 0 Å². The molecule has 0 amide bonds. The van der Waals surface area contributed by atoms with Crippen LogP contribution in [0.4, 0.5) is 11.4 Å². The molecule has 1 aliphatic heterocycles. The predicted molar refractivity (Wildman–Crippen MR) is 176 cm³/mol. The summed E-state index contributed by atoms with van der Waals surface area (Å²) in [6.07, 6.45) is 0.0674. The highest BCUT2D eigenvalue weighted by Gasteiger charge is 2.22. The van der Waals surface area contributed by atoms with Crippen molar-refractivity contribution in [1.29, 1.82) is 0 Å². The minimum absolute atomic E-state index is 0.0674. The van der Waals surface area contributed by atoms with Gasteiger partial charge in [0.25, 0.3) is 0 Å². The molecule has 1 unspecified atom stereocenters. The third-order valence-corrected chi connectivity index (χ3v) is 8.66. The van der Waals surface area contributed by atoms with Crippen molar-refractivity contribution in [1.82, 2.24) is 0 Å². The summed E-state index contributed by atoms with van der Waals surface area (Å²) < 4.78 is 6.38. The predicted octanol–water partition coefficient (Wildman–Crippen LogP) is 10.8. The van der Waals surface area contributed by atoms with Gasteiger partial charge in [0.1, 0.15) is 17.3 Å². The molecule has 0 bridgehead atoms. The van der Waals surface area contributed by atoms with Gasteiger partial charge in [-0.25, -0.2) is 0 Å². The lowest BCUT2D eigenvalue weighted by atomic mass is 9.89. The van der Waals surface area contributed by atoms with E-state index in [1.807, 2.05) is 6.07 Å². The maximum absolute atomic E-state index is 6.38. The zero-order valence-corrected chi connectivity index (χ0v) is 22.8. The molecule has 7 aromatic carbocycles. The number of anilines is 2. The largest absolute Gasteiger partial charge is 0.455 e. The Kier molecular flexibility index (Phi) is 4.96. The standard InChI is InChI=1S/C39H26N2O/c1-2-10-24(11-3-1)39-40-35-21-18-25(22-36(35)41-39)26-19-20-30(28-13-5-4-12-27(26)28)33-23-34-31-15-8-9-17-37(31)42-38(34)32-16-7-6-14-29(32)33/h1-23,39-41H. The Morgan fingerprint density at radius 3 is 1.86 bits per heavy atom. The summed E-state index contributed by atoms with van der Waals surface area (Å²) in [6, 6.07) is 49.8. The number of nitrogens with one attached hydrogen (secondary N) is 2.